The lowest BCUT2D eigenvalue weighted by molar-refractivity contribution is 0.0205. The van der Waals surface area contributed by atoms with E-state index in [0.717, 1.165) is 46.8 Å². The van der Waals surface area contributed by atoms with Crippen molar-refractivity contribution in [1.29, 1.82) is 0 Å². The van der Waals surface area contributed by atoms with Gasteiger partial charge in [0.1, 0.15) is 28.3 Å². The highest BCUT2D eigenvalue weighted by atomic mass is 32.1. The number of aromatic nitrogens is 1. The molecule has 11 heteroatoms. The number of hydrogen-bond acceptors (Lipinski definition) is 6. The standard InChI is InChI=1S/C31H30F2N2O6S/c1-31(2,3)41-30(39)34(4)22-7-6-8-24-19(22)14-25(42-24)17-10-11-18-26(28(17)40-5)35(15-20(27(18)36)29(37)38)23-12-9-16(32)13-21(23)33/h9-15,22H,6-8H2,1-5H3,(H,37,38). The Labute approximate surface area is 244 Å². The number of halogens is 2. The number of carbonyl (C=O) groups excluding carboxylic acids is 1. The van der Waals surface area contributed by atoms with Crippen LogP contribution in [-0.4, -0.2) is 46.4 Å². The summed E-state index contributed by atoms with van der Waals surface area (Å²) in [5.41, 5.74) is -0.386. The Morgan fingerprint density at radius 3 is 2.52 bits per heavy atom. The molecule has 220 valence electrons. The monoisotopic (exact) mass is 596 g/mol. The van der Waals surface area contributed by atoms with Gasteiger partial charge in [-0.25, -0.2) is 18.4 Å². The molecule has 1 unspecified atom stereocenters. The van der Waals surface area contributed by atoms with Crippen LogP contribution in [0, 0.1) is 11.6 Å². The molecule has 2 heterocycles. The first-order valence-corrected chi connectivity index (χ1v) is 14.2. The molecule has 42 heavy (non-hydrogen) atoms. The molecule has 4 aromatic rings. The van der Waals surface area contributed by atoms with Crippen molar-refractivity contribution in [3.8, 4) is 21.9 Å². The summed E-state index contributed by atoms with van der Waals surface area (Å²) in [6.07, 6.45) is 3.06. The van der Waals surface area contributed by atoms with Gasteiger partial charge in [-0.05, 0) is 75.9 Å². The van der Waals surface area contributed by atoms with Crippen LogP contribution in [0.25, 0.3) is 27.0 Å². The number of methoxy groups -OCH3 is 1. The van der Waals surface area contributed by atoms with Gasteiger partial charge in [0.15, 0.2) is 5.75 Å². The van der Waals surface area contributed by atoms with Crippen molar-refractivity contribution < 1.29 is 33.0 Å². The van der Waals surface area contributed by atoms with Crippen LogP contribution in [0.4, 0.5) is 13.6 Å². The zero-order valence-corrected chi connectivity index (χ0v) is 24.6. The highest BCUT2D eigenvalue weighted by Gasteiger charge is 2.32. The van der Waals surface area contributed by atoms with E-state index in [1.807, 2.05) is 26.8 Å². The third-order valence-corrected chi connectivity index (χ3v) is 8.46. The minimum Gasteiger partial charge on any atom is -0.494 e. The summed E-state index contributed by atoms with van der Waals surface area (Å²) in [7, 11) is 3.13. The summed E-state index contributed by atoms with van der Waals surface area (Å²) in [6, 6.07) is 7.85. The summed E-state index contributed by atoms with van der Waals surface area (Å²) in [5, 5.41) is 9.70. The number of rotatable bonds is 5. The highest BCUT2D eigenvalue weighted by Crippen LogP contribution is 2.46. The van der Waals surface area contributed by atoms with Gasteiger partial charge in [-0.2, -0.15) is 0 Å². The quantitative estimate of drug-likeness (QED) is 0.268. The van der Waals surface area contributed by atoms with E-state index >= 15 is 4.39 Å². The zero-order valence-electron chi connectivity index (χ0n) is 23.8. The normalized spacial score (nSPS) is 14.9. The lowest BCUT2D eigenvalue weighted by Gasteiger charge is -2.33. The van der Waals surface area contributed by atoms with E-state index in [9.17, 15) is 23.9 Å². The lowest BCUT2D eigenvalue weighted by Crippen LogP contribution is -2.37. The van der Waals surface area contributed by atoms with Gasteiger partial charge in [0, 0.05) is 34.6 Å². The van der Waals surface area contributed by atoms with E-state index in [-0.39, 0.29) is 28.4 Å². The third-order valence-electron chi connectivity index (χ3n) is 7.22. The van der Waals surface area contributed by atoms with E-state index in [1.165, 1.54) is 35.1 Å². The fraction of sp³-hybridized carbons (Fsp3) is 0.323. The maximum Gasteiger partial charge on any atom is 0.410 e. The van der Waals surface area contributed by atoms with Gasteiger partial charge >= 0.3 is 12.1 Å². The first kappa shape index (κ1) is 29.2. The van der Waals surface area contributed by atoms with Gasteiger partial charge < -0.3 is 24.0 Å². The number of carbonyl (C=O) groups is 2. The predicted molar refractivity (Wildman–Crippen MR) is 156 cm³/mol. The Morgan fingerprint density at radius 1 is 1.14 bits per heavy atom. The van der Waals surface area contributed by atoms with E-state index in [0.29, 0.717) is 11.6 Å². The molecular formula is C31H30F2N2O6S. The molecule has 1 amide bonds. The first-order chi connectivity index (χ1) is 19.8. The molecular weight excluding hydrogens is 566 g/mol. The molecule has 0 bridgehead atoms. The van der Waals surface area contributed by atoms with Crippen LogP contribution in [0.15, 0.2) is 47.4 Å². The Balaban J connectivity index is 1.70. The summed E-state index contributed by atoms with van der Waals surface area (Å²) in [6.45, 7) is 5.45. The van der Waals surface area contributed by atoms with Crippen LogP contribution in [0.1, 0.15) is 60.5 Å². The van der Waals surface area contributed by atoms with Crippen LogP contribution in [-0.2, 0) is 11.2 Å². The predicted octanol–water partition coefficient (Wildman–Crippen LogP) is 6.95. The first-order valence-electron chi connectivity index (χ1n) is 13.3. The number of thiophene rings is 1. The number of carboxylic acid groups (broad SMARTS) is 1. The molecule has 1 aliphatic rings. The molecule has 2 aromatic heterocycles. The Morgan fingerprint density at radius 2 is 1.88 bits per heavy atom. The SMILES string of the molecule is COc1c(-c2cc3c(s2)CCCC3N(C)C(=O)OC(C)(C)C)ccc2c(=O)c(C(=O)O)cn(-c3ccc(F)cc3F)c12. The van der Waals surface area contributed by atoms with Crippen molar-refractivity contribution in [2.75, 3.05) is 14.2 Å². The topological polar surface area (TPSA) is 98.1 Å². The zero-order chi connectivity index (χ0) is 30.5. The molecule has 1 atom stereocenters. The van der Waals surface area contributed by atoms with Gasteiger partial charge in [-0.3, -0.25) is 4.79 Å². The van der Waals surface area contributed by atoms with Crippen LogP contribution >= 0.6 is 11.3 Å². The van der Waals surface area contributed by atoms with Gasteiger partial charge in [0.2, 0.25) is 5.43 Å². The average Bonchev–Trinajstić information content (AvgIpc) is 3.36. The van der Waals surface area contributed by atoms with E-state index in [4.69, 9.17) is 9.47 Å². The smallest absolute Gasteiger partial charge is 0.410 e. The summed E-state index contributed by atoms with van der Waals surface area (Å²) >= 11 is 1.53. The average molecular weight is 597 g/mol. The van der Waals surface area contributed by atoms with Crippen molar-refractivity contribution in [2.45, 2.75) is 51.7 Å². The maximum absolute atomic E-state index is 15.0. The Hall–Kier alpha value is -4.25. The van der Waals surface area contributed by atoms with E-state index < -0.39 is 40.3 Å². The molecule has 1 aliphatic carbocycles. The highest BCUT2D eigenvalue weighted by molar-refractivity contribution is 7.15. The number of fused-ring (bicyclic) bond motifs is 2. The van der Waals surface area contributed by atoms with Crippen LogP contribution in [0.5, 0.6) is 5.75 Å². The lowest BCUT2D eigenvalue weighted by atomic mass is 9.92. The summed E-state index contributed by atoms with van der Waals surface area (Å²) in [4.78, 5) is 41.5. The minimum absolute atomic E-state index is 0.00285. The van der Waals surface area contributed by atoms with Crippen molar-refractivity contribution in [3.63, 3.8) is 0 Å². The second kappa shape index (κ2) is 10.9. The fourth-order valence-electron chi connectivity index (χ4n) is 5.34. The summed E-state index contributed by atoms with van der Waals surface area (Å²) in [5.74, 6) is -3.00. The number of nitrogens with zero attached hydrogens (tertiary/aromatic N) is 2. The number of benzene rings is 2. The molecule has 0 radical (unpaired) electrons. The fourth-order valence-corrected chi connectivity index (χ4v) is 6.62. The maximum atomic E-state index is 15.0. The molecule has 8 nitrogen and oxygen atoms in total. The number of aryl methyl sites for hydroxylation is 1. The number of amides is 1. The number of aromatic carboxylic acids is 1. The molecule has 0 spiro atoms. The van der Waals surface area contributed by atoms with Crippen LogP contribution in [0.3, 0.4) is 0 Å². The number of hydrogen-bond donors (Lipinski definition) is 1. The van der Waals surface area contributed by atoms with Crippen molar-refractivity contribution >= 4 is 34.3 Å². The van der Waals surface area contributed by atoms with Crippen LogP contribution in [0.2, 0.25) is 0 Å². The summed E-state index contributed by atoms with van der Waals surface area (Å²) < 4.78 is 41.4. The molecule has 0 saturated carbocycles. The second-order valence-electron chi connectivity index (χ2n) is 11.2. The van der Waals surface area contributed by atoms with Gasteiger partial charge in [0.05, 0.1) is 24.2 Å². The Bertz CT molecular complexity index is 1790. The minimum atomic E-state index is -1.48. The van der Waals surface area contributed by atoms with Crippen molar-refractivity contribution in [1.82, 2.24) is 9.47 Å². The number of ether oxygens (including phenoxy) is 2. The van der Waals surface area contributed by atoms with Gasteiger partial charge in [-0.15, -0.1) is 11.3 Å². The largest absolute Gasteiger partial charge is 0.494 e. The Kier molecular flexibility index (Phi) is 7.57. The van der Waals surface area contributed by atoms with Gasteiger partial charge in [-0.1, -0.05) is 0 Å². The van der Waals surface area contributed by atoms with E-state index in [1.54, 1.807) is 18.0 Å². The molecule has 5 rings (SSSR count). The molecule has 2 aromatic carbocycles. The molecule has 1 N–H and O–H groups in total. The molecule has 0 saturated heterocycles. The number of pyridine rings is 1. The van der Waals surface area contributed by atoms with Gasteiger partial charge in [0.25, 0.3) is 0 Å². The third kappa shape index (κ3) is 5.24. The number of carboxylic acids is 1. The van der Waals surface area contributed by atoms with E-state index in [2.05, 4.69) is 0 Å². The van der Waals surface area contributed by atoms with Crippen LogP contribution < -0.4 is 10.2 Å². The molecule has 0 aliphatic heterocycles. The second-order valence-corrected chi connectivity index (χ2v) is 12.3. The van der Waals surface area contributed by atoms with Crippen molar-refractivity contribution in [2.24, 2.45) is 0 Å². The van der Waals surface area contributed by atoms with Crippen molar-refractivity contribution in [3.05, 3.63) is 80.5 Å². The molecule has 0 fully saturated rings.